The number of rotatable bonds is 9. The average molecular weight is 642 g/mol. The highest BCUT2D eigenvalue weighted by Gasteiger charge is 2.32. The molecule has 0 saturated heterocycles. The van der Waals surface area contributed by atoms with E-state index in [2.05, 4.69) is 21.2 Å². The van der Waals surface area contributed by atoms with Crippen LogP contribution in [0, 0.1) is 0 Å². The normalized spacial score (nSPS) is 12.2. The fraction of sp³-hybridized carbons (Fsp3) is 0.250. The van der Waals surface area contributed by atoms with Gasteiger partial charge in [-0.2, -0.15) is 0 Å². The maximum Gasteiger partial charge on any atom is 0.261 e. The van der Waals surface area contributed by atoms with E-state index in [9.17, 15) is 9.59 Å². The van der Waals surface area contributed by atoms with Crippen LogP contribution in [0.5, 0.6) is 5.75 Å². The van der Waals surface area contributed by atoms with E-state index in [1.807, 2.05) is 87.5 Å². The van der Waals surface area contributed by atoms with Crippen LogP contribution in [0.25, 0.3) is 10.8 Å². The summed E-state index contributed by atoms with van der Waals surface area (Å²) in [6.07, 6.45) is 0.329. The fourth-order valence-electron chi connectivity index (χ4n) is 4.39. The number of nitrogens with zero attached hydrogens (tertiary/aromatic N) is 1. The number of carbonyl (C=O) groups is 2. The monoisotopic (exact) mass is 640 g/mol. The summed E-state index contributed by atoms with van der Waals surface area (Å²) in [6.45, 7) is 5.63. The number of halogens is 3. The molecule has 0 heterocycles. The summed E-state index contributed by atoms with van der Waals surface area (Å²) in [5.74, 6) is -0.0481. The highest BCUT2D eigenvalue weighted by Crippen LogP contribution is 2.33. The molecule has 8 heteroatoms. The molecule has 0 saturated carbocycles. The Morgan fingerprint density at radius 1 is 0.900 bits per heavy atom. The van der Waals surface area contributed by atoms with Gasteiger partial charge in [0, 0.05) is 18.5 Å². The van der Waals surface area contributed by atoms with Crippen LogP contribution in [0.1, 0.15) is 31.9 Å². The van der Waals surface area contributed by atoms with Crippen LogP contribution in [-0.2, 0) is 22.6 Å². The molecule has 0 unspecified atom stereocenters. The van der Waals surface area contributed by atoms with E-state index < -0.39 is 11.6 Å². The van der Waals surface area contributed by atoms with Crippen molar-refractivity contribution in [1.29, 1.82) is 0 Å². The van der Waals surface area contributed by atoms with Crippen LogP contribution in [-0.4, -0.2) is 34.9 Å². The number of hydrogen-bond acceptors (Lipinski definition) is 3. The molecule has 1 atom stereocenters. The van der Waals surface area contributed by atoms with Gasteiger partial charge in [-0.3, -0.25) is 9.59 Å². The number of benzene rings is 4. The molecular formula is C32H31BrCl2N2O3. The molecule has 0 aromatic heterocycles. The van der Waals surface area contributed by atoms with Crippen LogP contribution in [0.4, 0.5) is 0 Å². The predicted octanol–water partition coefficient (Wildman–Crippen LogP) is 7.84. The Bertz CT molecular complexity index is 1510. The summed E-state index contributed by atoms with van der Waals surface area (Å²) < 4.78 is 6.80. The van der Waals surface area contributed by atoms with Gasteiger partial charge in [0.25, 0.3) is 5.91 Å². The average Bonchev–Trinajstić information content (AvgIpc) is 2.92. The first-order chi connectivity index (χ1) is 19.0. The maximum absolute atomic E-state index is 13.9. The van der Waals surface area contributed by atoms with Crippen molar-refractivity contribution in [1.82, 2.24) is 10.2 Å². The van der Waals surface area contributed by atoms with E-state index >= 15 is 0 Å². The lowest BCUT2D eigenvalue weighted by atomic mass is 10.0. The van der Waals surface area contributed by atoms with Crippen molar-refractivity contribution in [3.63, 3.8) is 0 Å². The van der Waals surface area contributed by atoms with Crippen LogP contribution in [0.15, 0.2) is 89.4 Å². The largest absolute Gasteiger partial charge is 0.483 e. The van der Waals surface area contributed by atoms with Gasteiger partial charge in [0.15, 0.2) is 6.61 Å². The third-order valence-corrected chi connectivity index (χ3v) is 7.84. The van der Waals surface area contributed by atoms with Crippen LogP contribution in [0.2, 0.25) is 10.0 Å². The Hall–Kier alpha value is -3.06. The molecular weight excluding hydrogens is 611 g/mol. The number of fused-ring (bicyclic) bond motifs is 1. The van der Waals surface area contributed by atoms with Gasteiger partial charge in [-0.15, -0.1) is 0 Å². The van der Waals surface area contributed by atoms with Crippen LogP contribution >= 0.6 is 39.1 Å². The van der Waals surface area contributed by atoms with Gasteiger partial charge in [-0.05, 0) is 76.8 Å². The maximum atomic E-state index is 13.9. The lowest BCUT2D eigenvalue weighted by Crippen LogP contribution is -2.55. The fourth-order valence-corrected chi connectivity index (χ4v) is 5.32. The Balaban J connectivity index is 1.67. The second kappa shape index (κ2) is 13.1. The van der Waals surface area contributed by atoms with Gasteiger partial charge in [-0.25, -0.2) is 0 Å². The van der Waals surface area contributed by atoms with E-state index in [1.165, 1.54) is 0 Å². The molecule has 4 aromatic carbocycles. The Morgan fingerprint density at radius 3 is 2.30 bits per heavy atom. The van der Waals surface area contributed by atoms with E-state index in [-0.39, 0.29) is 25.0 Å². The highest BCUT2D eigenvalue weighted by molar-refractivity contribution is 9.10. The first-order valence-electron chi connectivity index (χ1n) is 12.9. The van der Waals surface area contributed by atoms with Crippen molar-refractivity contribution < 1.29 is 14.3 Å². The molecule has 5 nitrogen and oxygen atoms in total. The first kappa shape index (κ1) is 29.9. The molecule has 4 aromatic rings. The van der Waals surface area contributed by atoms with Gasteiger partial charge in [0.2, 0.25) is 5.91 Å². The zero-order chi connectivity index (χ0) is 28.9. The quantitative estimate of drug-likeness (QED) is 0.203. The standard InChI is InChI=1S/C32H31BrCl2N2O3/c1-32(2,3)36-31(39)27(18-21-9-5-4-6-10-21)37(19-22-13-15-25(34)26(35)17-22)29(38)20-40-28-16-14-23-11-7-8-12-24(23)30(28)33/h4-17,27H,18-20H2,1-3H3,(H,36,39)/t27-/m1/s1. The summed E-state index contributed by atoms with van der Waals surface area (Å²) in [7, 11) is 0. The molecule has 0 bridgehead atoms. The zero-order valence-electron chi connectivity index (χ0n) is 22.6. The number of ether oxygens (including phenoxy) is 1. The lowest BCUT2D eigenvalue weighted by molar-refractivity contribution is -0.143. The summed E-state index contributed by atoms with van der Waals surface area (Å²) in [6, 6.07) is 25.7. The minimum atomic E-state index is -0.799. The highest BCUT2D eigenvalue weighted by atomic mass is 79.9. The topological polar surface area (TPSA) is 58.6 Å². The first-order valence-corrected chi connectivity index (χ1v) is 14.5. The predicted molar refractivity (Wildman–Crippen MR) is 166 cm³/mol. The molecule has 208 valence electrons. The molecule has 0 aliphatic carbocycles. The van der Waals surface area contributed by atoms with Gasteiger partial charge in [-0.1, -0.05) is 89.9 Å². The van der Waals surface area contributed by atoms with Gasteiger partial charge < -0.3 is 15.0 Å². The second-order valence-electron chi connectivity index (χ2n) is 10.6. The summed E-state index contributed by atoms with van der Waals surface area (Å²) in [5.41, 5.74) is 1.19. The summed E-state index contributed by atoms with van der Waals surface area (Å²) in [4.78, 5) is 29.1. The molecule has 1 N–H and O–H groups in total. The minimum absolute atomic E-state index is 0.146. The van der Waals surface area contributed by atoms with Crippen LogP contribution in [0.3, 0.4) is 0 Å². The number of carbonyl (C=O) groups excluding carboxylic acids is 2. The molecule has 2 amide bonds. The number of amides is 2. The van der Waals surface area contributed by atoms with Gasteiger partial charge in [0.1, 0.15) is 11.8 Å². The number of hydrogen-bond donors (Lipinski definition) is 1. The van der Waals surface area contributed by atoms with Crippen molar-refractivity contribution in [2.75, 3.05) is 6.61 Å². The second-order valence-corrected chi connectivity index (χ2v) is 12.2. The zero-order valence-corrected chi connectivity index (χ0v) is 25.7. The van der Waals surface area contributed by atoms with Gasteiger partial charge >= 0.3 is 0 Å². The van der Waals surface area contributed by atoms with Crippen molar-refractivity contribution in [3.8, 4) is 5.75 Å². The van der Waals surface area contributed by atoms with E-state index in [0.717, 1.165) is 26.4 Å². The van der Waals surface area contributed by atoms with Crippen molar-refractivity contribution >= 4 is 61.7 Å². The molecule has 0 spiro atoms. The van der Waals surface area contributed by atoms with Crippen LogP contribution < -0.4 is 10.1 Å². The number of nitrogens with one attached hydrogen (secondary N) is 1. The summed E-state index contributed by atoms with van der Waals surface area (Å²) >= 11 is 16.1. The molecule has 0 aliphatic heterocycles. The SMILES string of the molecule is CC(C)(C)NC(=O)[C@@H](Cc1ccccc1)N(Cc1ccc(Cl)c(Cl)c1)C(=O)COc1ccc2ccccc2c1Br. The minimum Gasteiger partial charge on any atom is -0.483 e. The van der Waals surface area contributed by atoms with Crippen molar-refractivity contribution in [2.45, 2.75) is 45.3 Å². The third-order valence-electron chi connectivity index (χ3n) is 6.29. The molecule has 0 aliphatic rings. The van der Waals surface area contributed by atoms with E-state index in [1.54, 1.807) is 23.1 Å². The van der Waals surface area contributed by atoms with Crippen molar-refractivity contribution in [3.05, 3.63) is 111 Å². The third kappa shape index (κ3) is 7.78. The van der Waals surface area contributed by atoms with E-state index in [4.69, 9.17) is 27.9 Å². The Kier molecular flexibility index (Phi) is 9.77. The van der Waals surface area contributed by atoms with E-state index in [0.29, 0.717) is 22.2 Å². The Labute approximate surface area is 253 Å². The molecule has 0 radical (unpaired) electrons. The Morgan fingerprint density at radius 2 is 1.60 bits per heavy atom. The molecule has 40 heavy (non-hydrogen) atoms. The molecule has 4 rings (SSSR count). The molecule has 0 fully saturated rings. The lowest BCUT2D eigenvalue weighted by Gasteiger charge is -2.34. The van der Waals surface area contributed by atoms with Crippen molar-refractivity contribution in [2.24, 2.45) is 0 Å². The summed E-state index contributed by atoms with van der Waals surface area (Å²) in [5, 5.41) is 5.88. The van der Waals surface area contributed by atoms with Gasteiger partial charge in [0.05, 0.1) is 14.5 Å². The smallest absolute Gasteiger partial charge is 0.261 e.